The van der Waals surface area contributed by atoms with E-state index in [0.717, 1.165) is 0 Å². The summed E-state index contributed by atoms with van der Waals surface area (Å²) < 4.78 is 6.41. The Balaban J connectivity index is 3.10. The van der Waals surface area contributed by atoms with Crippen molar-refractivity contribution in [2.45, 2.75) is 26.2 Å². The summed E-state index contributed by atoms with van der Waals surface area (Å²) in [7, 11) is 0. The molecule has 0 fully saturated rings. The molecule has 0 saturated carbocycles. The Labute approximate surface area is 120 Å². The summed E-state index contributed by atoms with van der Waals surface area (Å²) in [6.45, 7) is 9.92. The van der Waals surface area contributed by atoms with Gasteiger partial charge < -0.3 is 0 Å². The molecule has 0 aliphatic carbocycles. The van der Waals surface area contributed by atoms with Crippen LogP contribution in [0, 0.1) is 0 Å². The van der Waals surface area contributed by atoms with Crippen LogP contribution in [0.1, 0.15) is 26.3 Å². The topological polar surface area (TPSA) is 26.3 Å². The number of esters is 1. The molecular weight excluding hydrogens is 469 g/mol. The van der Waals surface area contributed by atoms with E-state index in [-0.39, 0.29) is 5.41 Å². The van der Waals surface area contributed by atoms with Crippen LogP contribution in [0.4, 0.5) is 0 Å². The van der Waals surface area contributed by atoms with Crippen molar-refractivity contribution in [2.75, 3.05) is 0 Å². The number of halogens is 1. The molecule has 1 rings (SSSR count). The Morgan fingerprint density at radius 3 is 2.59 bits per heavy atom. The predicted octanol–water partition coefficient (Wildman–Crippen LogP) is 3.09. The molecule has 4 heteroatoms. The van der Waals surface area contributed by atoms with Gasteiger partial charge in [-0.1, -0.05) is 0 Å². The van der Waals surface area contributed by atoms with Crippen molar-refractivity contribution >= 4 is 20.9 Å². The van der Waals surface area contributed by atoms with E-state index in [4.69, 9.17) is 4.74 Å². The van der Waals surface area contributed by atoms with Crippen molar-refractivity contribution < 1.29 is 31.7 Å². The number of carbonyl (C=O) groups excluding carboxylic acids is 1. The van der Waals surface area contributed by atoms with Crippen LogP contribution in [-0.2, 0) is 32.4 Å². The van der Waals surface area contributed by atoms with Crippen molar-refractivity contribution in [3.05, 3.63) is 36.4 Å². The third kappa shape index (κ3) is 4.21. The molecule has 0 spiro atoms. The number of rotatable bonds is 3. The van der Waals surface area contributed by atoms with Crippen molar-refractivity contribution in [1.29, 1.82) is 0 Å². The van der Waals surface area contributed by atoms with E-state index in [0.29, 0.717) is 5.75 Å². The summed E-state index contributed by atoms with van der Waals surface area (Å²) in [5.41, 5.74) is 1.39. The van der Waals surface area contributed by atoms with E-state index in [9.17, 15) is 4.79 Å². The number of ether oxygens (including phenoxy) is 1. The van der Waals surface area contributed by atoms with Crippen LogP contribution in [0.2, 0.25) is 0 Å². The summed E-state index contributed by atoms with van der Waals surface area (Å²) in [5, 5.41) is 0. The number of hydrogen-bond donors (Lipinski definition) is 0. The van der Waals surface area contributed by atoms with Gasteiger partial charge in [-0.15, -0.1) is 0 Å². The van der Waals surface area contributed by atoms with E-state index in [2.05, 4.69) is 45.3 Å². The molecule has 0 aliphatic rings. The SMILES string of the molecule is C=CC(=O)Oc1ccc(C(C)(C)C)c[c]1[Hg][Br]. The average Bonchev–Trinajstić information content (AvgIpc) is 2.27. The summed E-state index contributed by atoms with van der Waals surface area (Å²) in [6.07, 6.45) is 1.19. The van der Waals surface area contributed by atoms with Crippen molar-refractivity contribution in [2.24, 2.45) is 0 Å². The standard InChI is InChI=1S/C13H15O2.BrH.Hg/c1-5-12(14)15-11-8-6-10(7-9-11)13(2,3)4;;/h5-8H,1H2,2-4H3;1H;/q;;+1/p-1. The van der Waals surface area contributed by atoms with Crippen LogP contribution in [0.25, 0.3) is 0 Å². The number of carbonyl (C=O) groups is 1. The summed E-state index contributed by atoms with van der Waals surface area (Å²) >= 11 is 2.33. The molecule has 0 saturated heterocycles. The van der Waals surface area contributed by atoms with Gasteiger partial charge in [-0.3, -0.25) is 0 Å². The van der Waals surface area contributed by atoms with E-state index in [1.54, 1.807) is 0 Å². The van der Waals surface area contributed by atoms with Crippen LogP contribution < -0.4 is 7.81 Å². The van der Waals surface area contributed by atoms with Gasteiger partial charge in [0.05, 0.1) is 0 Å². The Morgan fingerprint density at radius 1 is 1.47 bits per heavy atom. The first-order chi connectivity index (χ1) is 7.88. The second-order valence-corrected chi connectivity index (χ2v) is 13.8. The molecule has 0 aliphatic heterocycles. The molecule has 2 nitrogen and oxygen atoms in total. The zero-order chi connectivity index (χ0) is 13.1. The first-order valence-electron chi connectivity index (χ1n) is 5.42. The molecule has 17 heavy (non-hydrogen) atoms. The minimum absolute atomic E-state index is 0.117. The van der Waals surface area contributed by atoms with Crippen molar-refractivity contribution in [1.82, 2.24) is 0 Å². The van der Waals surface area contributed by atoms with Crippen LogP contribution in [0.15, 0.2) is 30.9 Å². The van der Waals surface area contributed by atoms with E-state index in [1.165, 1.54) is 14.7 Å². The van der Waals surface area contributed by atoms with Gasteiger partial charge in [-0.2, -0.15) is 0 Å². The zero-order valence-corrected chi connectivity index (χ0v) is 17.5. The fourth-order valence-corrected chi connectivity index (χ4v) is 7.65. The Morgan fingerprint density at radius 2 is 2.12 bits per heavy atom. The molecule has 1 aromatic carbocycles. The first-order valence-corrected chi connectivity index (χ1v) is 20.1. The van der Waals surface area contributed by atoms with Gasteiger partial charge in [0.15, 0.2) is 0 Å². The maximum atomic E-state index is 11.2. The Bertz CT molecular complexity index is 436. The average molecular weight is 484 g/mol. The molecule has 88 valence electrons. The molecule has 0 N–H and O–H groups in total. The molecular formula is C13H15BrHgO2. The Hall–Kier alpha value is -0.155. The quantitative estimate of drug-likeness (QED) is 0.286. The fourth-order valence-electron chi connectivity index (χ4n) is 1.40. The van der Waals surface area contributed by atoms with Gasteiger partial charge in [0.2, 0.25) is 0 Å². The molecule has 0 atom stereocenters. The molecule has 0 unspecified atom stereocenters. The molecule has 1 aromatic rings. The molecule has 0 radical (unpaired) electrons. The van der Waals surface area contributed by atoms with E-state index in [1.807, 2.05) is 12.1 Å². The molecule has 0 aromatic heterocycles. The van der Waals surface area contributed by atoms with Gasteiger partial charge >= 0.3 is 121 Å². The second-order valence-electron chi connectivity index (χ2n) is 4.83. The summed E-state index contributed by atoms with van der Waals surface area (Å²) in [5.74, 6) is 0.283. The van der Waals surface area contributed by atoms with Gasteiger partial charge in [0.25, 0.3) is 0 Å². The number of benzene rings is 1. The van der Waals surface area contributed by atoms with Crippen LogP contribution in [-0.4, -0.2) is 5.97 Å². The van der Waals surface area contributed by atoms with Gasteiger partial charge in [-0.25, -0.2) is 0 Å². The molecule has 0 bridgehead atoms. The van der Waals surface area contributed by atoms with Gasteiger partial charge in [0.1, 0.15) is 0 Å². The van der Waals surface area contributed by atoms with Crippen molar-refractivity contribution in [3.8, 4) is 5.75 Å². The first kappa shape index (κ1) is 14.9. The zero-order valence-electron chi connectivity index (χ0n) is 10.4. The van der Waals surface area contributed by atoms with Crippen LogP contribution in [0.5, 0.6) is 5.75 Å². The van der Waals surface area contributed by atoms with Crippen LogP contribution in [0.3, 0.4) is 0 Å². The van der Waals surface area contributed by atoms with Gasteiger partial charge in [0, 0.05) is 0 Å². The van der Waals surface area contributed by atoms with E-state index < -0.39 is 28.1 Å². The maximum absolute atomic E-state index is 11.2. The second kappa shape index (κ2) is 6.14. The molecule has 0 heterocycles. The van der Waals surface area contributed by atoms with Gasteiger partial charge in [-0.05, 0) is 0 Å². The van der Waals surface area contributed by atoms with E-state index >= 15 is 0 Å². The minimum atomic E-state index is -1.30. The van der Waals surface area contributed by atoms with Crippen LogP contribution >= 0.6 is 11.9 Å². The summed E-state index contributed by atoms with van der Waals surface area (Å²) in [4.78, 5) is 11.2. The van der Waals surface area contributed by atoms with Crippen molar-refractivity contribution in [3.63, 3.8) is 0 Å². The monoisotopic (exact) mass is 484 g/mol. The number of hydrogen-bond acceptors (Lipinski definition) is 2. The predicted molar refractivity (Wildman–Crippen MR) is 69.5 cm³/mol. The molecule has 0 amide bonds. The Kier molecular flexibility index (Phi) is 5.38. The third-order valence-electron chi connectivity index (χ3n) is 2.45. The summed E-state index contributed by atoms with van der Waals surface area (Å²) in [6, 6.07) is 6.06. The fraction of sp³-hybridized carbons (Fsp3) is 0.308. The normalized spacial score (nSPS) is 10.6. The third-order valence-corrected chi connectivity index (χ3v) is 11.0.